The Bertz CT molecular complexity index is 592. The van der Waals surface area contributed by atoms with Crippen molar-refractivity contribution >= 4 is 40.4 Å². The lowest BCUT2D eigenvalue weighted by Gasteiger charge is -2.12. The van der Waals surface area contributed by atoms with Gasteiger partial charge in [-0.05, 0) is 25.1 Å². The predicted molar refractivity (Wildman–Crippen MR) is 77.4 cm³/mol. The Kier molecular flexibility index (Phi) is 4.29. The van der Waals surface area contributed by atoms with Crippen LogP contribution in [0.15, 0.2) is 24.5 Å². The lowest BCUT2D eigenvalue weighted by Crippen LogP contribution is -2.05. The largest absolute Gasteiger partial charge is 0.476 e. The van der Waals surface area contributed by atoms with E-state index in [1.807, 2.05) is 6.92 Å². The molecule has 100 valence electrons. The van der Waals surface area contributed by atoms with Crippen molar-refractivity contribution in [3.05, 3.63) is 34.6 Å². The Morgan fingerprint density at radius 1 is 1.32 bits per heavy atom. The number of rotatable bonds is 4. The molecule has 0 aliphatic carbocycles. The van der Waals surface area contributed by atoms with Crippen molar-refractivity contribution in [2.24, 2.45) is 0 Å². The molecule has 0 saturated carbocycles. The number of nitrogens with zero attached hydrogens (tertiary/aromatic N) is 2. The molecule has 0 amide bonds. The van der Waals surface area contributed by atoms with Crippen molar-refractivity contribution in [1.29, 1.82) is 0 Å². The number of hydrogen-bond acceptors (Lipinski definition) is 5. The van der Waals surface area contributed by atoms with Crippen LogP contribution < -0.4 is 15.8 Å². The zero-order valence-corrected chi connectivity index (χ0v) is 11.7. The number of hydrogen-bond donors (Lipinski definition) is 2. The summed E-state index contributed by atoms with van der Waals surface area (Å²) in [5.41, 5.74) is 6.90. The number of nitrogen functional groups attached to an aromatic ring is 1. The van der Waals surface area contributed by atoms with Gasteiger partial charge in [-0.15, -0.1) is 0 Å². The second-order valence-electron chi connectivity index (χ2n) is 3.62. The summed E-state index contributed by atoms with van der Waals surface area (Å²) < 4.78 is 5.29. The smallest absolute Gasteiger partial charge is 0.242 e. The van der Waals surface area contributed by atoms with Gasteiger partial charge in [0.15, 0.2) is 5.82 Å². The van der Waals surface area contributed by atoms with E-state index in [2.05, 4.69) is 15.3 Å². The highest BCUT2D eigenvalue weighted by Crippen LogP contribution is 2.31. The Balaban J connectivity index is 2.30. The van der Waals surface area contributed by atoms with Gasteiger partial charge < -0.3 is 15.8 Å². The van der Waals surface area contributed by atoms with Crippen LogP contribution in [0.1, 0.15) is 6.92 Å². The van der Waals surface area contributed by atoms with E-state index in [9.17, 15) is 0 Å². The van der Waals surface area contributed by atoms with Crippen LogP contribution in [0.4, 0.5) is 17.2 Å². The van der Waals surface area contributed by atoms with Gasteiger partial charge in [-0.3, -0.25) is 0 Å². The number of aromatic nitrogens is 2. The molecule has 0 unspecified atom stereocenters. The Labute approximate surface area is 120 Å². The SMILES string of the molecule is CCOc1ncnc(Nc2ccc(Cl)cc2Cl)c1N. The fourth-order valence-electron chi connectivity index (χ4n) is 1.45. The zero-order valence-electron chi connectivity index (χ0n) is 10.2. The molecule has 0 atom stereocenters. The van der Waals surface area contributed by atoms with E-state index < -0.39 is 0 Å². The van der Waals surface area contributed by atoms with Gasteiger partial charge >= 0.3 is 0 Å². The Morgan fingerprint density at radius 3 is 2.79 bits per heavy atom. The second kappa shape index (κ2) is 5.95. The molecule has 2 aromatic rings. The van der Waals surface area contributed by atoms with E-state index in [1.54, 1.807) is 18.2 Å². The molecule has 2 rings (SSSR count). The van der Waals surface area contributed by atoms with Gasteiger partial charge in [-0.2, -0.15) is 4.98 Å². The first kappa shape index (κ1) is 13.7. The molecule has 0 saturated heterocycles. The van der Waals surface area contributed by atoms with Crippen LogP contribution in [0.5, 0.6) is 5.88 Å². The fraction of sp³-hybridized carbons (Fsp3) is 0.167. The quantitative estimate of drug-likeness (QED) is 0.903. The van der Waals surface area contributed by atoms with Crippen LogP contribution in [-0.4, -0.2) is 16.6 Å². The van der Waals surface area contributed by atoms with Crippen molar-refractivity contribution in [1.82, 2.24) is 9.97 Å². The van der Waals surface area contributed by atoms with Crippen LogP contribution in [-0.2, 0) is 0 Å². The van der Waals surface area contributed by atoms with Gasteiger partial charge in [0.05, 0.1) is 17.3 Å². The van der Waals surface area contributed by atoms with Crippen molar-refractivity contribution in [3.8, 4) is 5.88 Å². The van der Waals surface area contributed by atoms with Crippen molar-refractivity contribution < 1.29 is 4.74 Å². The van der Waals surface area contributed by atoms with Gasteiger partial charge in [0.25, 0.3) is 0 Å². The molecule has 0 fully saturated rings. The zero-order chi connectivity index (χ0) is 13.8. The third-order valence-corrected chi connectivity index (χ3v) is 2.86. The first-order chi connectivity index (χ1) is 9.11. The molecular formula is C12H12Cl2N4O. The highest BCUT2D eigenvalue weighted by Gasteiger charge is 2.10. The molecule has 1 heterocycles. The lowest BCUT2D eigenvalue weighted by molar-refractivity contribution is 0.328. The maximum atomic E-state index is 6.07. The summed E-state index contributed by atoms with van der Waals surface area (Å²) in [6, 6.07) is 5.09. The summed E-state index contributed by atoms with van der Waals surface area (Å²) in [5.74, 6) is 0.771. The molecule has 3 N–H and O–H groups in total. The van der Waals surface area contributed by atoms with Crippen LogP contribution >= 0.6 is 23.2 Å². The Hall–Kier alpha value is -1.72. The van der Waals surface area contributed by atoms with E-state index in [0.717, 1.165) is 0 Å². The summed E-state index contributed by atoms with van der Waals surface area (Å²) in [6.45, 7) is 2.33. The van der Waals surface area contributed by atoms with Crippen LogP contribution in [0.25, 0.3) is 0 Å². The minimum Gasteiger partial charge on any atom is -0.476 e. The van der Waals surface area contributed by atoms with Gasteiger partial charge in [0, 0.05) is 5.02 Å². The van der Waals surface area contributed by atoms with Crippen molar-refractivity contribution in [2.45, 2.75) is 6.92 Å². The van der Waals surface area contributed by atoms with Gasteiger partial charge in [0.2, 0.25) is 5.88 Å². The minimum absolute atomic E-state index is 0.329. The third kappa shape index (κ3) is 3.19. The molecule has 0 spiro atoms. The summed E-state index contributed by atoms with van der Waals surface area (Å²) in [6.07, 6.45) is 1.37. The maximum absolute atomic E-state index is 6.07. The van der Waals surface area contributed by atoms with E-state index in [-0.39, 0.29) is 0 Å². The lowest BCUT2D eigenvalue weighted by atomic mass is 10.3. The average molecular weight is 299 g/mol. The minimum atomic E-state index is 0.329. The van der Waals surface area contributed by atoms with Crippen LogP contribution in [0.3, 0.4) is 0 Å². The normalized spacial score (nSPS) is 10.3. The summed E-state index contributed by atoms with van der Waals surface area (Å²) in [5, 5.41) is 4.05. The summed E-state index contributed by atoms with van der Waals surface area (Å²) >= 11 is 11.9. The number of ether oxygens (including phenoxy) is 1. The molecule has 19 heavy (non-hydrogen) atoms. The summed E-state index contributed by atoms with van der Waals surface area (Å²) in [4.78, 5) is 8.02. The number of benzene rings is 1. The highest BCUT2D eigenvalue weighted by molar-refractivity contribution is 6.36. The van der Waals surface area contributed by atoms with E-state index in [4.69, 9.17) is 33.7 Å². The van der Waals surface area contributed by atoms with Gasteiger partial charge in [0.1, 0.15) is 12.0 Å². The number of nitrogens with two attached hydrogens (primary N) is 1. The molecule has 7 heteroatoms. The molecule has 0 aliphatic rings. The van der Waals surface area contributed by atoms with Crippen molar-refractivity contribution in [2.75, 3.05) is 17.7 Å². The maximum Gasteiger partial charge on any atom is 0.242 e. The first-order valence-corrected chi connectivity index (χ1v) is 6.32. The molecule has 1 aromatic heterocycles. The van der Waals surface area contributed by atoms with Gasteiger partial charge in [-0.25, -0.2) is 4.98 Å². The molecule has 5 nitrogen and oxygen atoms in total. The third-order valence-electron chi connectivity index (χ3n) is 2.31. The predicted octanol–water partition coefficient (Wildman–Crippen LogP) is 3.51. The topological polar surface area (TPSA) is 73.1 Å². The average Bonchev–Trinajstić information content (AvgIpc) is 2.37. The monoisotopic (exact) mass is 298 g/mol. The number of anilines is 3. The highest BCUT2D eigenvalue weighted by atomic mass is 35.5. The van der Waals surface area contributed by atoms with E-state index in [0.29, 0.717) is 39.7 Å². The standard InChI is InChI=1S/C12H12Cl2N4O/c1-2-19-12-10(15)11(16-6-17-12)18-9-4-3-7(13)5-8(9)14/h3-6H,2,15H2,1H3,(H,16,17,18). The molecule has 0 aliphatic heterocycles. The van der Waals surface area contributed by atoms with Crippen molar-refractivity contribution in [3.63, 3.8) is 0 Å². The number of halogens is 2. The van der Waals surface area contributed by atoms with Crippen LogP contribution in [0, 0.1) is 0 Å². The molecule has 0 bridgehead atoms. The molecule has 0 radical (unpaired) electrons. The fourth-order valence-corrected chi connectivity index (χ4v) is 1.90. The van der Waals surface area contributed by atoms with Gasteiger partial charge in [-0.1, -0.05) is 23.2 Å². The first-order valence-electron chi connectivity index (χ1n) is 5.57. The molecular weight excluding hydrogens is 287 g/mol. The molecule has 1 aromatic carbocycles. The Morgan fingerprint density at radius 2 is 2.11 bits per heavy atom. The second-order valence-corrected chi connectivity index (χ2v) is 4.47. The van der Waals surface area contributed by atoms with E-state index >= 15 is 0 Å². The van der Waals surface area contributed by atoms with Crippen LogP contribution in [0.2, 0.25) is 10.0 Å². The number of nitrogens with one attached hydrogen (secondary N) is 1. The van der Waals surface area contributed by atoms with E-state index in [1.165, 1.54) is 6.33 Å². The summed E-state index contributed by atoms with van der Waals surface area (Å²) in [7, 11) is 0.